The molecule has 1 atom stereocenters. The average molecular weight is 211 g/mol. The van der Waals surface area contributed by atoms with Gasteiger partial charge in [-0.2, -0.15) is 0 Å². The van der Waals surface area contributed by atoms with Crippen LogP contribution in [0.4, 0.5) is 0 Å². The van der Waals surface area contributed by atoms with E-state index in [1.54, 1.807) is 0 Å². The summed E-state index contributed by atoms with van der Waals surface area (Å²) in [6.45, 7) is 7.58. The van der Waals surface area contributed by atoms with Crippen LogP contribution in [0, 0.1) is 0 Å². The van der Waals surface area contributed by atoms with Gasteiger partial charge >= 0.3 is 0 Å². The minimum Gasteiger partial charge on any atom is -0.301 e. The van der Waals surface area contributed by atoms with Crippen LogP contribution < -0.4 is 0 Å². The Morgan fingerprint density at radius 2 is 1.71 bits per heavy atom. The van der Waals surface area contributed by atoms with Gasteiger partial charge < -0.3 is 4.90 Å². The van der Waals surface area contributed by atoms with E-state index in [9.17, 15) is 0 Å². The van der Waals surface area contributed by atoms with E-state index in [1.165, 1.54) is 44.3 Å². The molecule has 1 saturated carbocycles. The molecular formula is C12H25NSi. The van der Waals surface area contributed by atoms with Gasteiger partial charge in [0.25, 0.3) is 0 Å². The van der Waals surface area contributed by atoms with E-state index in [2.05, 4.69) is 24.9 Å². The zero-order chi connectivity index (χ0) is 10.2. The smallest absolute Gasteiger partial charge is 0.0645 e. The van der Waals surface area contributed by atoms with Crippen LogP contribution in [0.5, 0.6) is 0 Å². The Kier molecular flexibility index (Phi) is 3.03. The second-order valence-electron chi connectivity index (χ2n) is 6.18. The van der Waals surface area contributed by atoms with Crippen molar-refractivity contribution in [2.24, 2.45) is 0 Å². The van der Waals surface area contributed by atoms with Crippen molar-refractivity contribution in [1.82, 2.24) is 4.90 Å². The maximum atomic E-state index is 2.85. The largest absolute Gasteiger partial charge is 0.301 e. The van der Waals surface area contributed by atoms with Gasteiger partial charge in [-0.15, -0.1) is 0 Å². The van der Waals surface area contributed by atoms with Crippen molar-refractivity contribution in [2.45, 2.75) is 70.2 Å². The molecule has 2 aliphatic rings. The monoisotopic (exact) mass is 211 g/mol. The molecule has 82 valence electrons. The zero-order valence-electron chi connectivity index (χ0n) is 10.1. The van der Waals surface area contributed by atoms with Crippen LogP contribution >= 0.6 is 0 Å². The lowest BCUT2D eigenvalue weighted by Crippen LogP contribution is -2.41. The normalized spacial score (nSPS) is 34.9. The summed E-state index contributed by atoms with van der Waals surface area (Å²) in [7, 11) is -0.824. The maximum Gasteiger partial charge on any atom is 0.0645 e. The molecule has 0 spiro atoms. The van der Waals surface area contributed by atoms with Gasteiger partial charge in [0, 0.05) is 12.1 Å². The van der Waals surface area contributed by atoms with Crippen LogP contribution in [0.1, 0.15) is 39.0 Å². The van der Waals surface area contributed by atoms with Gasteiger partial charge in [0.2, 0.25) is 0 Å². The number of hydrogen-bond acceptors (Lipinski definition) is 1. The molecule has 1 aliphatic carbocycles. The van der Waals surface area contributed by atoms with Crippen molar-refractivity contribution in [3.63, 3.8) is 0 Å². The fraction of sp³-hybridized carbons (Fsp3) is 1.00. The van der Waals surface area contributed by atoms with Crippen LogP contribution in [0.15, 0.2) is 0 Å². The molecule has 0 bridgehead atoms. The van der Waals surface area contributed by atoms with Gasteiger partial charge in [0.1, 0.15) is 0 Å². The summed E-state index contributed by atoms with van der Waals surface area (Å²) < 4.78 is 0. The van der Waals surface area contributed by atoms with Crippen molar-refractivity contribution in [3.05, 3.63) is 0 Å². The average Bonchev–Trinajstić information content (AvgIpc) is 2.41. The van der Waals surface area contributed by atoms with Crippen molar-refractivity contribution in [3.8, 4) is 0 Å². The molecule has 1 unspecified atom stereocenters. The lowest BCUT2D eigenvalue weighted by molar-refractivity contribution is 0.157. The third kappa shape index (κ3) is 2.22. The van der Waals surface area contributed by atoms with Crippen LogP contribution in [0.3, 0.4) is 0 Å². The van der Waals surface area contributed by atoms with Crippen molar-refractivity contribution in [1.29, 1.82) is 0 Å². The highest BCUT2D eigenvalue weighted by atomic mass is 28.3. The predicted molar refractivity (Wildman–Crippen MR) is 65.3 cm³/mol. The summed E-state index contributed by atoms with van der Waals surface area (Å²) in [5, 5.41) is 0. The molecule has 1 aliphatic heterocycles. The fourth-order valence-electron chi connectivity index (χ4n) is 3.53. The van der Waals surface area contributed by atoms with E-state index in [0.29, 0.717) is 0 Å². The molecule has 1 saturated heterocycles. The first kappa shape index (κ1) is 10.7. The van der Waals surface area contributed by atoms with E-state index in [-0.39, 0.29) is 0 Å². The Balaban J connectivity index is 1.97. The molecular weight excluding hydrogens is 186 g/mol. The second kappa shape index (κ2) is 3.97. The summed E-state index contributed by atoms with van der Waals surface area (Å²) in [6.07, 6.45) is 8.88. The number of nitrogens with zero attached hydrogens (tertiary/aromatic N) is 1. The van der Waals surface area contributed by atoms with Gasteiger partial charge in [0.15, 0.2) is 0 Å². The quantitative estimate of drug-likeness (QED) is 0.602. The molecule has 2 rings (SSSR count). The molecule has 2 fully saturated rings. The molecule has 0 N–H and O–H groups in total. The van der Waals surface area contributed by atoms with Crippen LogP contribution in [-0.2, 0) is 0 Å². The van der Waals surface area contributed by atoms with Gasteiger partial charge in [-0.05, 0) is 32.0 Å². The molecule has 0 radical (unpaired) electrons. The topological polar surface area (TPSA) is 3.24 Å². The van der Waals surface area contributed by atoms with Crippen molar-refractivity contribution in [2.75, 3.05) is 6.17 Å². The van der Waals surface area contributed by atoms with E-state index in [0.717, 1.165) is 12.1 Å². The molecule has 0 aromatic rings. The summed E-state index contributed by atoms with van der Waals surface area (Å²) in [4.78, 5) is 2.85. The van der Waals surface area contributed by atoms with Gasteiger partial charge in [-0.3, -0.25) is 0 Å². The number of hydrogen-bond donors (Lipinski definition) is 0. The SMILES string of the molecule is CC1C[Si](C)(C)CN1C1CCCCC1. The Labute approximate surface area is 89.9 Å². The highest BCUT2D eigenvalue weighted by Crippen LogP contribution is 2.33. The first-order valence-electron chi connectivity index (χ1n) is 6.34. The molecule has 0 amide bonds. The Morgan fingerprint density at radius 1 is 1.07 bits per heavy atom. The summed E-state index contributed by atoms with van der Waals surface area (Å²) >= 11 is 0. The summed E-state index contributed by atoms with van der Waals surface area (Å²) in [6, 6.07) is 3.37. The van der Waals surface area contributed by atoms with Crippen molar-refractivity contribution < 1.29 is 0 Å². The highest BCUT2D eigenvalue weighted by Gasteiger charge is 2.39. The Morgan fingerprint density at radius 3 is 2.21 bits per heavy atom. The van der Waals surface area contributed by atoms with E-state index >= 15 is 0 Å². The van der Waals surface area contributed by atoms with Gasteiger partial charge in [0.05, 0.1) is 8.07 Å². The summed E-state index contributed by atoms with van der Waals surface area (Å²) in [5.41, 5.74) is 0. The van der Waals surface area contributed by atoms with Crippen LogP contribution in [-0.4, -0.2) is 31.2 Å². The van der Waals surface area contributed by atoms with E-state index in [4.69, 9.17) is 0 Å². The Bertz CT molecular complexity index is 196. The third-order valence-corrected chi connectivity index (χ3v) is 6.99. The lowest BCUT2D eigenvalue weighted by atomic mass is 9.94. The van der Waals surface area contributed by atoms with Crippen molar-refractivity contribution >= 4 is 8.07 Å². The standard InChI is InChI=1S/C12H25NSi/c1-11-9-14(2,3)10-13(11)12-7-5-4-6-8-12/h11-12H,4-10H2,1-3H3. The van der Waals surface area contributed by atoms with Gasteiger partial charge in [-0.25, -0.2) is 0 Å². The Hall–Kier alpha value is 0.177. The molecule has 2 heteroatoms. The minimum atomic E-state index is -0.824. The molecule has 1 heterocycles. The molecule has 0 aromatic heterocycles. The lowest BCUT2D eigenvalue weighted by Gasteiger charge is -2.34. The molecule has 14 heavy (non-hydrogen) atoms. The van der Waals surface area contributed by atoms with E-state index < -0.39 is 8.07 Å². The molecule has 0 aromatic carbocycles. The maximum absolute atomic E-state index is 2.85. The minimum absolute atomic E-state index is 0.824. The summed E-state index contributed by atoms with van der Waals surface area (Å²) in [5.74, 6) is 0. The first-order chi connectivity index (χ1) is 6.58. The van der Waals surface area contributed by atoms with E-state index in [1.807, 2.05) is 0 Å². The zero-order valence-corrected chi connectivity index (χ0v) is 11.1. The third-order valence-electron chi connectivity index (χ3n) is 4.07. The van der Waals surface area contributed by atoms with Crippen LogP contribution in [0.2, 0.25) is 19.1 Å². The highest BCUT2D eigenvalue weighted by molar-refractivity contribution is 6.78. The predicted octanol–water partition coefficient (Wildman–Crippen LogP) is 3.27. The van der Waals surface area contributed by atoms with Crippen LogP contribution in [0.25, 0.3) is 0 Å². The molecule has 1 nitrogen and oxygen atoms in total. The second-order valence-corrected chi connectivity index (χ2v) is 11.2. The fourth-order valence-corrected chi connectivity index (χ4v) is 7.05. The van der Waals surface area contributed by atoms with Gasteiger partial charge in [-0.1, -0.05) is 32.4 Å². The first-order valence-corrected chi connectivity index (χ1v) is 9.76. The number of rotatable bonds is 1.